The molecule has 1 aliphatic heterocycles. The first kappa shape index (κ1) is 16.0. The maximum absolute atomic E-state index is 13.8. The summed E-state index contributed by atoms with van der Waals surface area (Å²) in [7, 11) is 0. The van der Waals surface area contributed by atoms with Gasteiger partial charge in [-0.15, -0.1) is 11.8 Å². The van der Waals surface area contributed by atoms with Crippen molar-refractivity contribution in [3.05, 3.63) is 65.2 Å². The first-order chi connectivity index (χ1) is 11.1. The van der Waals surface area contributed by atoms with E-state index in [9.17, 15) is 13.6 Å². The zero-order valence-electron chi connectivity index (χ0n) is 12.8. The third kappa shape index (κ3) is 3.39. The molecule has 0 N–H and O–H groups in total. The standard InChI is InChI=1S/C18H17F2NOS/c1-12(23-11-13-5-3-2-4-6-13)18(22)21-8-7-15-16(20)9-14(19)10-17(15)21/h2-6,9-10,12H,7-8,11H2,1H3. The first-order valence-electron chi connectivity index (χ1n) is 7.51. The van der Waals surface area contributed by atoms with Gasteiger partial charge in [-0.05, 0) is 25.0 Å². The molecule has 120 valence electrons. The first-order valence-corrected chi connectivity index (χ1v) is 8.56. The van der Waals surface area contributed by atoms with E-state index in [1.165, 1.54) is 22.7 Å². The summed E-state index contributed by atoms with van der Waals surface area (Å²) in [5.41, 5.74) is 1.95. The Kier molecular flexibility index (Phi) is 4.66. The molecule has 0 bridgehead atoms. The van der Waals surface area contributed by atoms with Crippen molar-refractivity contribution in [1.29, 1.82) is 0 Å². The van der Waals surface area contributed by atoms with Crippen LogP contribution in [0.5, 0.6) is 0 Å². The van der Waals surface area contributed by atoms with E-state index in [1.54, 1.807) is 0 Å². The van der Waals surface area contributed by atoms with Crippen LogP contribution in [0.3, 0.4) is 0 Å². The van der Waals surface area contributed by atoms with Gasteiger partial charge in [0.15, 0.2) is 0 Å². The van der Waals surface area contributed by atoms with Crippen LogP contribution >= 0.6 is 11.8 Å². The molecule has 1 heterocycles. The molecule has 1 aliphatic rings. The molecule has 0 saturated carbocycles. The van der Waals surface area contributed by atoms with Crippen LogP contribution in [0.1, 0.15) is 18.1 Å². The van der Waals surface area contributed by atoms with E-state index in [0.29, 0.717) is 24.2 Å². The quantitative estimate of drug-likeness (QED) is 0.837. The summed E-state index contributed by atoms with van der Waals surface area (Å²) in [6.07, 6.45) is 0.434. The van der Waals surface area contributed by atoms with Gasteiger partial charge in [0.05, 0.1) is 10.9 Å². The van der Waals surface area contributed by atoms with Crippen molar-refractivity contribution < 1.29 is 13.6 Å². The second kappa shape index (κ2) is 6.71. The van der Waals surface area contributed by atoms with Crippen molar-refractivity contribution in [3.8, 4) is 0 Å². The molecule has 0 aromatic heterocycles. The second-order valence-electron chi connectivity index (χ2n) is 5.56. The van der Waals surface area contributed by atoms with Crippen molar-refractivity contribution in [2.24, 2.45) is 0 Å². The zero-order valence-corrected chi connectivity index (χ0v) is 13.6. The van der Waals surface area contributed by atoms with Gasteiger partial charge in [0.1, 0.15) is 11.6 Å². The lowest BCUT2D eigenvalue weighted by Crippen LogP contribution is -2.35. The predicted molar refractivity (Wildman–Crippen MR) is 89.6 cm³/mol. The number of nitrogens with zero attached hydrogens (tertiary/aromatic N) is 1. The molecule has 1 amide bonds. The molecule has 2 nitrogen and oxygen atoms in total. The predicted octanol–water partition coefficient (Wildman–Crippen LogP) is 4.18. The van der Waals surface area contributed by atoms with Crippen molar-refractivity contribution >= 4 is 23.4 Å². The lowest BCUT2D eigenvalue weighted by molar-refractivity contribution is -0.117. The van der Waals surface area contributed by atoms with Gasteiger partial charge in [-0.2, -0.15) is 0 Å². The van der Waals surface area contributed by atoms with Crippen LogP contribution in [0.15, 0.2) is 42.5 Å². The van der Waals surface area contributed by atoms with Crippen molar-refractivity contribution in [2.75, 3.05) is 11.4 Å². The van der Waals surface area contributed by atoms with E-state index >= 15 is 0 Å². The van der Waals surface area contributed by atoms with Crippen LogP contribution < -0.4 is 4.90 Å². The number of amides is 1. The van der Waals surface area contributed by atoms with Gasteiger partial charge in [-0.3, -0.25) is 4.79 Å². The number of hydrogen-bond donors (Lipinski definition) is 0. The Morgan fingerprint density at radius 3 is 2.74 bits per heavy atom. The number of carbonyl (C=O) groups excluding carboxylic acids is 1. The number of thioether (sulfide) groups is 1. The molecule has 23 heavy (non-hydrogen) atoms. The summed E-state index contributed by atoms with van der Waals surface area (Å²) in [6.45, 7) is 2.24. The van der Waals surface area contributed by atoms with Gasteiger partial charge in [-0.25, -0.2) is 8.78 Å². The van der Waals surface area contributed by atoms with E-state index in [4.69, 9.17) is 0 Å². The van der Waals surface area contributed by atoms with E-state index in [2.05, 4.69) is 0 Å². The Morgan fingerprint density at radius 1 is 1.26 bits per heavy atom. The average Bonchev–Trinajstić information content (AvgIpc) is 2.97. The fourth-order valence-corrected chi connectivity index (χ4v) is 3.64. The minimum Gasteiger partial charge on any atom is -0.311 e. The average molecular weight is 333 g/mol. The Balaban J connectivity index is 1.70. The summed E-state index contributed by atoms with van der Waals surface area (Å²) in [4.78, 5) is 14.1. The highest BCUT2D eigenvalue weighted by molar-refractivity contribution is 7.99. The van der Waals surface area contributed by atoms with E-state index < -0.39 is 11.6 Å². The molecule has 0 saturated heterocycles. The fourth-order valence-electron chi connectivity index (χ4n) is 2.74. The molecule has 0 spiro atoms. The molecule has 2 aromatic rings. The Morgan fingerprint density at radius 2 is 2.00 bits per heavy atom. The van der Waals surface area contributed by atoms with Crippen LogP contribution in [0.2, 0.25) is 0 Å². The molecule has 0 fully saturated rings. The van der Waals surface area contributed by atoms with E-state index in [0.717, 1.165) is 17.4 Å². The highest BCUT2D eigenvalue weighted by atomic mass is 32.2. The van der Waals surface area contributed by atoms with E-state index in [1.807, 2.05) is 37.3 Å². The van der Waals surface area contributed by atoms with E-state index in [-0.39, 0.29) is 11.2 Å². The van der Waals surface area contributed by atoms with Crippen molar-refractivity contribution in [3.63, 3.8) is 0 Å². The topological polar surface area (TPSA) is 20.3 Å². The van der Waals surface area contributed by atoms with Crippen LogP contribution in [0, 0.1) is 11.6 Å². The van der Waals surface area contributed by atoms with Crippen molar-refractivity contribution in [2.45, 2.75) is 24.3 Å². The second-order valence-corrected chi connectivity index (χ2v) is 6.89. The minimum atomic E-state index is -0.648. The number of halogens is 2. The molecule has 1 unspecified atom stereocenters. The number of benzene rings is 2. The summed E-state index contributed by atoms with van der Waals surface area (Å²) >= 11 is 1.53. The lowest BCUT2D eigenvalue weighted by Gasteiger charge is -2.21. The lowest BCUT2D eigenvalue weighted by atomic mass is 10.1. The number of anilines is 1. The highest BCUT2D eigenvalue weighted by Crippen LogP contribution is 2.33. The number of carbonyl (C=O) groups is 1. The number of fused-ring (bicyclic) bond motifs is 1. The summed E-state index contributed by atoms with van der Waals surface area (Å²) in [5, 5.41) is -0.271. The third-order valence-electron chi connectivity index (χ3n) is 3.97. The molecule has 0 radical (unpaired) electrons. The third-order valence-corrected chi connectivity index (χ3v) is 5.17. The zero-order chi connectivity index (χ0) is 16.4. The van der Waals surface area contributed by atoms with Gasteiger partial charge in [0.25, 0.3) is 0 Å². The van der Waals surface area contributed by atoms with Crippen LogP contribution in [-0.4, -0.2) is 17.7 Å². The summed E-state index contributed by atoms with van der Waals surface area (Å²) in [5.74, 6) is -0.591. The number of hydrogen-bond acceptors (Lipinski definition) is 2. The molecule has 1 atom stereocenters. The normalized spacial score (nSPS) is 14.7. The highest BCUT2D eigenvalue weighted by Gasteiger charge is 2.30. The molecule has 3 rings (SSSR count). The van der Waals surface area contributed by atoms with Gasteiger partial charge in [0.2, 0.25) is 5.91 Å². The van der Waals surface area contributed by atoms with Crippen molar-refractivity contribution in [1.82, 2.24) is 0 Å². The van der Waals surface area contributed by atoms with Gasteiger partial charge in [0, 0.05) is 23.9 Å². The molecule has 0 aliphatic carbocycles. The minimum absolute atomic E-state index is 0.102. The Labute approximate surface area is 138 Å². The fraction of sp³-hybridized carbons (Fsp3) is 0.278. The SMILES string of the molecule is CC(SCc1ccccc1)C(=O)N1CCc2c(F)cc(F)cc21. The van der Waals surface area contributed by atoms with Crippen LogP contribution in [0.4, 0.5) is 14.5 Å². The Bertz CT molecular complexity index is 720. The molecular formula is C18H17F2NOS. The largest absolute Gasteiger partial charge is 0.311 e. The summed E-state index contributed by atoms with van der Waals surface area (Å²) in [6, 6.07) is 12.0. The molecule has 2 aromatic carbocycles. The monoisotopic (exact) mass is 333 g/mol. The van der Waals surface area contributed by atoms with Crippen LogP contribution in [0.25, 0.3) is 0 Å². The maximum atomic E-state index is 13.8. The smallest absolute Gasteiger partial charge is 0.239 e. The van der Waals surface area contributed by atoms with Gasteiger partial charge < -0.3 is 4.90 Å². The Hall–Kier alpha value is -1.88. The maximum Gasteiger partial charge on any atom is 0.239 e. The summed E-state index contributed by atoms with van der Waals surface area (Å²) < 4.78 is 27.2. The van der Waals surface area contributed by atoms with Crippen LogP contribution in [-0.2, 0) is 17.0 Å². The van der Waals surface area contributed by atoms with Gasteiger partial charge in [-0.1, -0.05) is 30.3 Å². The van der Waals surface area contributed by atoms with Gasteiger partial charge >= 0.3 is 0 Å². The molecule has 5 heteroatoms. The molecular weight excluding hydrogens is 316 g/mol. The number of rotatable bonds is 4.